The number of benzene rings is 2. The molecule has 1 aliphatic heterocycles. The van der Waals surface area contributed by atoms with Gasteiger partial charge < -0.3 is 19.7 Å². The van der Waals surface area contributed by atoms with Gasteiger partial charge in [-0.05, 0) is 45.8 Å². The monoisotopic (exact) mass is 422 g/mol. The van der Waals surface area contributed by atoms with Crippen molar-refractivity contribution in [2.75, 3.05) is 31.8 Å². The van der Waals surface area contributed by atoms with Crippen LogP contribution in [0, 0.1) is 0 Å². The number of hydrogen-bond acceptors (Lipinski definition) is 4. The largest absolute Gasteiger partial charge is 0.497 e. The van der Waals surface area contributed by atoms with Crippen LogP contribution in [0.1, 0.15) is 10.9 Å². The number of carbonyl (C=O) groups is 1. The predicted octanol–water partition coefficient (Wildman–Crippen LogP) is 4.75. The van der Waals surface area contributed by atoms with E-state index >= 15 is 0 Å². The molecule has 1 saturated heterocycles. The molecule has 3 rings (SSSR count). The van der Waals surface area contributed by atoms with Crippen LogP contribution in [-0.4, -0.2) is 37.4 Å². The van der Waals surface area contributed by atoms with Gasteiger partial charge in [-0.1, -0.05) is 12.1 Å². The van der Waals surface area contributed by atoms with Gasteiger partial charge in [0.2, 0.25) is 0 Å². The molecule has 7 heteroatoms. The first-order chi connectivity index (χ1) is 12.1. The minimum atomic E-state index is -0.116. The Morgan fingerprint density at radius 2 is 2.08 bits per heavy atom. The van der Waals surface area contributed by atoms with Crippen LogP contribution in [0.4, 0.5) is 10.5 Å². The van der Waals surface area contributed by atoms with Crippen molar-refractivity contribution in [2.45, 2.75) is 5.37 Å². The van der Waals surface area contributed by atoms with Crippen LogP contribution in [0.15, 0.2) is 46.9 Å². The highest BCUT2D eigenvalue weighted by Crippen LogP contribution is 2.40. The molecule has 0 bridgehead atoms. The zero-order valence-corrected chi connectivity index (χ0v) is 16.4. The zero-order chi connectivity index (χ0) is 17.8. The maximum absolute atomic E-state index is 12.7. The highest BCUT2D eigenvalue weighted by atomic mass is 79.9. The first-order valence-electron chi connectivity index (χ1n) is 7.79. The van der Waals surface area contributed by atoms with Gasteiger partial charge in [0.15, 0.2) is 0 Å². The highest BCUT2D eigenvalue weighted by Gasteiger charge is 2.31. The molecule has 2 aromatic carbocycles. The zero-order valence-electron chi connectivity index (χ0n) is 14.0. The van der Waals surface area contributed by atoms with E-state index in [1.807, 2.05) is 41.3 Å². The van der Waals surface area contributed by atoms with E-state index in [9.17, 15) is 4.79 Å². The number of hydrogen-bond donors (Lipinski definition) is 1. The van der Waals surface area contributed by atoms with Crippen LogP contribution in [0.5, 0.6) is 11.5 Å². The van der Waals surface area contributed by atoms with E-state index in [0.717, 1.165) is 27.2 Å². The number of urea groups is 1. The van der Waals surface area contributed by atoms with Gasteiger partial charge in [-0.2, -0.15) is 0 Å². The number of nitrogens with zero attached hydrogens (tertiary/aromatic N) is 1. The highest BCUT2D eigenvalue weighted by molar-refractivity contribution is 9.10. The summed E-state index contributed by atoms with van der Waals surface area (Å²) in [6.07, 6.45) is 0. The van der Waals surface area contributed by atoms with E-state index in [1.165, 1.54) is 0 Å². The number of thioether (sulfide) groups is 1. The van der Waals surface area contributed by atoms with Gasteiger partial charge in [0.25, 0.3) is 0 Å². The standard InChI is InChI=1S/C18H19BrN2O3S/c1-23-14-5-3-4-13(11-14)20-18(22)21-8-9-25-17(21)12-6-7-16(24-2)15(19)10-12/h3-7,10-11,17H,8-9H2,1-2H3,(H,20,22)/t17-/m0/s1. The summed E-state index contributed by atoms with van der Waals surface area (Å²) < 4.78 is 11.4. The average molecular weight is 423 g/mol. The lowest BCUT2D eigenvalue weighted by Gasteiger charge is -2.25. The van der Waals surface area contributed by atoms with Crippen molar-refractivity contribution in [1.82, 2.24) is 4.90 Å². The van der Waals surface area contributed by atoms with Crippen LogP contribution < -0.4 is 14.8 Å². The minimum absolute atomic E-state index is 0.0205. The third-order valence-corrected chi connectivity index (χ3v) is 5.81. The lowest BCUT2D eigenvalue weighted by molar-refractivity contribution is 0.214. The van der Waals surface area contributed by atoms with Crippen LogP contribution >= 0.6 is 27.7 Å². The van der Waals surface area contributed by atoms with Crippen molar-refractivity contribution >= 4 is 39.4 Å². The lowest BCUT2D eigenvalue weighted by atomic mass is 10.2. The molecular formula is C18H19BrN2O3S. The first-order valence-corrected chi connectivity index (χ1v) is 9.63. The van der Waals surface area contributed by atoms with E-state index in [2.05, 4.69) is 21.2 Å². The number of nitrogens with one attached hydrogen (secondary N) is 1. The average Bonchev–Trinajstić information content (AvgIpc) is 3.11. The minimum Gasteiger partial charge on any atom is -0.497 e. The molecule has 2 aromatic rings. The Kier molecular flexibility index (Phi) is 5.75. The van der Waals surface area contributed by atoms with Gasteiger partial charge in [-0.15, -0.1) is 11.8 Å². The topological polar surface area (TPSA) is 50.8 Å². The van der Waals surface area contributed by atoms with Crippen molar-refractivity contribution in [3.05, 3.63) is 52.5 Å². The van der Waals surface area contributed by atoms with E-state index in [-0.39, 0.29) is 11.4 Å². The van der Waals surface area contributed by atoms with E-state index in [4.69, 9.17) is 9.47 Å². The molecule has 0 aliphatic carbocycles. The number of carbonyl (C=O) groups excluding carboxylic acids is 1. The molecule has 0 radical (unpaired) electrons. The normalized spacial score (nSPS) is 16.6. The molecule has 1 aliphatic rings. The summed E-state index contributed by atoms with van der Waals surface area (Å²) in [5, 5.41) is 2.93. The fraction of sp³-hybridized carbons (Fsp3) is 0.278. The fourth-order valence-electron chi connectivity index (χ4n) is 2.69. The molecule has 0 saturated carbocycles. The molecular weight excluding hydrogens is 404 g/mol. The number of amides is 2. The van der Waals surface area contributed by atoms with Gasteiger partial charge in [0.05, 0.1) is 18.7 Å². The number of ether oxygens (including phenoxy) is 2. The molecule has 0 aromatic heterocycles. The van der Waals surface area contributed by atoms with E-state index < -0.39 is 0 Å². The summed E-state index contributed by atoms with van der Waals surface area (Å²) in [6, 6.07) is 13.2. The van der Waals surface area contributed by atoms with Gasteiger partial charge in [0.1, 0.15) is 16.9 Å². The third-order valence-electron chi connectivity index (χ3n) is 3.93. The molecule has 1 fully saturated rings. The summed E-state index contributed by atoms with van der Waals surface area (Å²) in [7, 11) is 3.24. The van der Waals surface area contributed by atoms with Gasteiger partial charge in [-0.25, -0.2) is 4.79 Å². The van der Waals surface area contributed by atoms with Crippen molar-refractivity contribution in [2.24, 2.45) is 0 Å². The maximum atomic E-state index is 12.7. The second-order valence-electron chi connectivity index (χ2n) is 5.47. The Morgan fingerprint density at radius 1 is 1.24 bits per heavy atom. The first kappa shape index (κ1) is 17.9. The molecule has 2 amide bonds. The van der Waals surface area contributed by atoms with E-state index in [1.54, 1.807) is 32.0 Å². The fourth-order valence-corrected chi connectivity index (χ4v) is 4.49. The number of methoxy groups -OCH3 is 2. The number of anilines is 1. The number of rotatable bonds is 4. The third kappa shape index (κ3) is 4.04. The molecule has 1 heterocycles. The Balaban J connectivity index is 1.76. The summed E-state index contributed by atoms with van der Waals surface area (Å²) in [4.78, 5) is 14.6. The molecule has 25 heavy (non-hydrogen) atoms. The summed E-state index contributed by atoms with van der Waals surface area (Å²) in [5.74, 6) is 2.39. The number of halogens is 1. The van der Waals surface area contributed by atoms with Gasteiger partial charge >= 0.3 is 6.03 Å². The molecule has 0 unspecified atom stereocenters. The molecule has 1 N–H and O–H groups in total. The molecule has 132 valence electrons. The molecule has 1 atom stereocenters. The summed E-state index contributed by atoms with van der Waals surface area (Å²) in [5.41, 5.74) is 1.78. The van der Waals surface area contributed by atoms with Crippen LogP contribution in [0.25, 0.3) is 0 Å². The maximum Gasteiger partial charge on any atom is 0.323 e. The second kappa shape index (κ2) is 8.01. The smallest absolute Gasteiger partial charge is 0.323 e. The Morgan fingerprint density at radius 3 is 2.80 bits per heavy atom. The van der Waals surface area contributed by atoms with Crippen LogP contribution in [-0.2, 0) is 0 Å². The van der Waals surface area contributed by atoms with Crippen molar-refractivity contribution < 1.29 is 14.3 Å². The summed E-state index contributed by atoms with van der Waals surface area (Å²) >= 11 is 5.26. The molecule has 0 spiro atoms. The van der Waals surface area contributed by atoms with Gasteiger partial charge in [0, 0.05) is 24.1 Å². The van der Waals surface area contributed by atoms with E-state index in [0.29, 0.717) is 12.3 Å². The Bertz CT molecular complexity index is 772. The molecule has 5 nitrogen and oxygen atoms in total. The van der Waals surface area contributed by atoms with Crippen molar-refractivity contribution in [3.63, 3.8) is 0 Å². The SMILES string of the molecule is COc1cccc(NC(=O)N2CCS[C@H]2c2ccc(OC)c(Br)c2)c1. The summed E-state index contributed by atoms with van der Waals surface area (Å²) in [6.45, 7) is 0.703. The Labute approximate surface area is 159 Å². The van der Waals surface area contributed by atoms with Gasteiger partial charge in [-0.3, -0.25) is 0 Å². The van der Waals surface area contributed by atoms with Crippen LogP contribution in [0.3, 0.4) is 0 Å². The van der Waals surface area contributed by atoms with Crippen molar-refractivity contribution in [3.8, 4) is 11.5 Å². The second-order valence-corrected chi connectivity index (χ2v) is 7.52. The predicted molar refractivity (Wildman–Crippen MR) is 105 cm³/mol. The lowest BCUT2D eigenvalue weighted by Crippen LogP contribution is -2.34. The Hall–Kier alpha value is -1.86. The quantitative estimate of drug-likeness (QED) is 0.772. The van der Waals surface area contributed by atoms with Crippen LogP contribution in [0.2, 0.25) is 0 Å². The van der Waals surface area contributed by atoms with Crippen molar-refractivity contribution in [1.29, 1.82) is 0 Å².